The molecule has 18 heavy (non-hydrogen) atoms. The second-order valence-corrected chi connectivity index (χ2v) is 4.00. The van der Waals surface area contributed by atoms with E-state index in [1.807, 2.05) is 30.3 Å². The number of aromatic nitrogens is 1. The molecular weight excluding hydrogens is 250 g/mol. The normalized spacial score (nSPS) is 11.0. The molecule has 0 amide bonds. The maximum absolute atomic E-state index is 11.2. The Morgan fingerprint density at radius 1 is 1.44 bits per heavy atom. The number of hydrogen-bond donors (Lipinski definition) is 0. The summed E-state index contributed by atoms with van der Waals surface area (Å²) < 4.78 is 4.80. The zero-order valence-corrected chi connectivity index (χ0v) is 10.6. The molecule has 0 aliphatic rings. The highest BCUT2D eigenvalue weighted by molar-refractivity contribution is 6.31. The largest absolute Gasteiger partial charge is 0.463 e. The Morgan fingerprint density at radius 2 is 2.22 bits per heavy atom. The molecule has 3 nitrogen and oxygen atoms in total. The number of carbonyl (C=O) groups excluding carboxylic acids is 1. The van der Waals surface area contributed by atoms with Crippen molar-refractivity contribution in [3.8, 4) is 0 Å². The van der Waals surface area contributed by atoms with Crippen molar-refractivity contribution >= 4 is 34.5 Å². The van der Waals surface area contributed by atoms with Crippen LogP contribution >= 0.6 is 11.6 Å². The third-order valence-electron chi connectivity index (χ3n) is 2.39. The lowest BCUT2D eigenvalue weighted by Crippen LogP contribution is -1.98. The van der Waals surface area contributed by atoms with Gasteiger partial charge in [-0.2, -0.15) is 0 Å². The van der Waals surface area contributed by atoms with Crippen LogP contribution in [0.1, 0.15) is 12.5 Å². The number of pyridine rings is 1. The van der Waals surface area contributed by atoms with Gasteiger partial charge in [0, 0.05) is 17.0 Å². The quantitative estimate of drug-likeness (QED) is 0.482. The van der Waals surface area contributed by atoms with E-state index < -0.39 is 0 Å². The van der Waals surface area contributed by atoms with Crippen molar-refractivity contribution in [1.82, 2.24) is 4.98 Å². The van der Waals surface area contributed by atoms with Gasteiger partial charge in [-0.15, -0.1) is 0 Å². The van der Waals surface area contributed by atoms with Crippen molar-refractivity contribution in [3.63, 3.8) is 0 Å². The van der Waals surface area contributed by atoms with E-state index >= 15 is 0 Å². The summed E-state index contributed by atoms with van der Waals surface area (Å²) in [7, 11) is 0. The van der Waals surface area contributed by atoms with Crippen LogP contribution in [-0.2, 0) is 9.53 Å². The van der Waals surface area contributed by atoms with Gasteiger partial charge in [0.05, 0.1) is 12.1 Å². The Balaban J connectivity index is 2.33. The molecule has 2 aromatic rings. The lowest BCUT2D eigenvalue weighted by atomic mass is 10.1. The first-order chi connectivity index (χ1) is 8.70. The molecule has 0 aliphatic carbocycles. The monoisotopic (exact) mass is 261 g/mol. The molecule has 0 radical (unpaired) electrons. The van der Waals surface area contributed by atoms with Crippen molar-refractivity contribution < 1.29 is 9.53 Å². The summed E-state index contributed by atoms with van der Waals surface area (Å²) >= 11 is 6.05. The van der Waals surface area contributed by atoms with Crippen molar-refractivity contribution in [1.29, 1.82) is 0 Å². The fourth-order valence-corrected chi connectivity index (χ4v) is 1.78. The molecule has 0 saturated heterocycles. The minimum absolute atomic E-state index is 0.354. The van der Waals surface area contributed by atoms with Crippen LogP contribution in [0.4, 0.5) is 0 Å². The molecule has 1 heterocycles. The fraction of sp³-hybridized carbons (Fsp3) is 0.143. The Kier molecular flexibility index (Phi) is 3.95. The van der Waals surface area contributed by atoms with Crippen LogP contribution in [0.3, 0.4) is 0 Å². The van der Waals surface area contributed by atoms with E-state index in [0.29, 0.717) is 17.3 Å². The van der Waals surface area contributed by atoms with Crippen LogP contribution in [0.15, 0.2) is 36.4 Å². The van der Waals surface area contributed by atoms with E-state index in [2.05, 4.69) is 4.98 Å². The minimum atomic E-state index is -0.387. The van der Waals surface area contributed by atoms with Crippen molar-refractivity contribution in [2.24, 2.45) is 0 Å². The van der Waals surface area contributed by atoms with Gasteiger partial charge in [0.2, 0.25) is 0 Å². The molecule has 1 aromatic heterocycles. The summed E-state index contributed by atoms with van der Waals surface area (Å²) in [6.07, 6.45) is 2.96. The molecule has 0 atom stereocenters. The Morgan fingerprint density at radius 3 is 3.00 bits per heavy atom. The van der Waals surface area contributed by atoms with E-state index in [0.717, 1.165) is 10.9 Å². The molecule has 0 aliphatic heterocycles. The standard InChI is InChI=1S/C14H12ClNO2/c1-2-18-13(17)8-7-11-9-10-5-3-4-6-12(10)16-14(11)15/h3-9H,2H2,1H3/b8-7+. The van der Waals surface area contributed by atoms with Gasteiger partial charge in [0.1, 0.15) is 5.15 Å². The third-order valence-corrected chi connectivity index (χ3v) is 2.69. The van der Waals surface area contributed by atoms with Gasteiger partial charge >= 0.3 is 5.97 Å². The number of ether oxygens (including phenoxy) is 1. The Bertz CT molecular complexity index is 608. The first-order valence-corrected chi connectivity index (χ1v) is 5.98. The molecule has 0 fully saturated rings. The number of rotatable bonds is 3. The van der Waals surface area contributed by atoms with E-state index in [1.165, 1.54) is 6.08 Å². The molecule has 4 heteroatoms. The van der Waals surface area contributed by atoms with Crippen LogP contribution in [0.25, 0.3) is 17.0 Å². The minimum Gasteiger partial charge on any atom is -0.463 e. The number of nitrogens with zero attached hydrogens (tertiary/aromatic N) is 1. The van der Waals surface area contributed by atoms with Gasteiger partial charge in [-0.25, -0.2) is 9.78 Å². The highest BCUT2D eigenvalue weighted by atomic mass is 35.5. The predicted molar refractivity (Wildman–Crippen MR) is 72.4 cm³/mol. The summed E-state index contributed by atoms with van der Waals surface area (Å²) in [6, 6.07) is 9.55. The zero-order chi connectivity index (χ0) is 13.0. The van der Waals surface area contributed by atoms with Gasteiger partial charge in [-0.05, 0) is 25.1 Å². The van der Waals surface area contributed by atoms with Crippen LogP contribution in [0, 0.1) is 0 Å². The molecular formula is C14H12ClNO2. The van der Waals surface area contributed by atoms with Crippen molar-refractivity contribution in [2.75, 3.05) is 6.61 Å². The zero-order valence-electron chi connectivity index (χ0n) is 9.89. The van der Waals surface area contributed by atoms with Gasteiger partial charge < -0.3 is 4.74 Å². The fourth-order valence-electron chi connectivity index (χ4n) is 1.57. The molecule has 1 aromatic carbocycles. The first-order valence-electron chi connectivity index (χ1n) is 5.61. The highest BCUT2D eigenvalue weighted by Gasteiger charge is 2.02. The van der Waals surface area contributed by atoms with E-state index in [4.69, 9.17) is 16.3 Å². The number of fused-ring (bicyclic) bond motifs is 1. The molecule has 0 saturated carbocycles. The Hall–Kier alpha value is -1.87. The van der Waals surface area contributed by atoms with Gasteiger partial charge in [0.15, 0.2) is 0 Å². The average Bonchev–Trinajstić information content (AvgIpc) is 2.36. The van der Waals surface area contributed by atoms with Crippen LogP contribution in [0.5, 0.6) is 0 Å². The smallest absolute Gasteiger partial charge is 0.330 e. The maximum atomic E-state index is 11.2. The summed E-state index contributed by atoms with van der Waals surface area (Å²) in [4.78, 5) is 15.5. The lowest BCUT2D eigenvalue weighted by Gasteiger charge is -2.01. The molecule has 92 valence electrons. The van der Waals surface area contributed by atoms with Crippen molar-refractivity contribution in [3.05, 3.63) is 47.1 Å². The topological polar surface area (TPSA) is 39.2 Å². The van der Waals surface area contributed by atoms with Crippen LogP contribution < -0.4 is 0 Å². The first kappa shape index (κ1) is 12.6. The predicted octanol–water partition coefficient (Wildman–Crippen LogP) is 3.46. The number of para-hydroxylation sites is 1. The average molecular weight is 262 g/mol. The number of esters is 1. The van der Waals surface area contributed by atoms with E-state index in [-0.39, 0.29) is 5.97 Å². The van der Waals surface area contributed by atoms with Gasteiger partial charge in [-0.1, -0.05) is 29.8 Å². The number of halogens is 1. The second-order valence-electron chi connectivity index (χ2n) is 3.65. The number of carbonyl (C=O) groups is 1. The summed E-state index contributed by atoms with van der Waals surface area (Å²) in [5.74, 6) is -0.387. The van der Waals surface area contributed by atoms with Crippen LogP contribution in [-0.4, -0.2) is 17.6 Å². The van der Waals surface area contributed by atoms with E-state index in [1.54, 1.807) is 13.0 Å². The van der Waals surface area contributed by atoms with Gasteiger partial charge in [-0.3, -0.25) is 0 Å². The Labute approximate surface area is 110 Å². The number of hydrogen-bond acceptors (Lipinski definition) is 3. The highest BCUT2D eigenvalue weighted by Crippen LogP contribution is 2.21. The lowest BCUT2D eigenvalue weighted by molar-refractivity contribution is -0.137. The molecule has 0 unspecified atom stereocenters. The SMILES string of the molecule is CCOC(=O)/C=C/c1cc2ccccc2nc1Cl. The molecule has 2 rings (SSSR count). The second kappa shape index (κ2) is 5.65. The van der Waals surface area contributed by atoms with Crippen LogP contribution in [0.2, 0.25) is 5.15 Å². The summed E-state index contributed by atoms with van der Waals surface area (Å²) in [5.41, 5.74) is 1.53. The summed E-state index contributed by atoms with van der Waals surface area (Å²) in [5, 5.41) is 1.35. The third kappa shape index (κ3) is 2.87. The molecule has 0 spiro atoms. The van der Waals surface area contributed by atoms with E-state index in [9.17, 15) is 4.79 Å². The number of benzene rings is 1. The van der Waals surface area contributed by atoms with Crippen molar-refractivity contribution in [2.45, 2.75) is 6.92 Å². The van der Waals surface area contributed by atoms with Gasteiger partial charge in [0.25, 0.3) is 0 Å². The summed E-state index contributed by atoms with van der Waals surface area (Å²) in [6.45, 7) is 2.11. The molecule has 0 N–H and O–H groups in total. The molecule has 0 bridgehead atoms. The maximum Gasteiger partial charge on any atom is 0.330 e.